The lowest BCUT2D eigenvalue weighted by atomic mass is 10.0. The summed E-state index contributed by atoms with van der Waals surface area (Å²) in [5.74, 6) is 1.33. The minimum atomic E-state index is -0.346. The number of aryl methyl sites for hydroxylation is 1. The minimum absolute atomic E-state index is 0.346. The SMILES string of the molecule is CCCc1nc(C2(C)CCCO2)nc(N)c1I. The van der Waals surface area contributed by atoms with Gasteiger partial charge in [0, 0.05) is 6.61 Å². The number of rotatable bonds is 3. The molecule has 0 aromatic carbocycles. The highest BCUT2D eigenvalue weighted by atomic mass is 127. The van der Waals surface area contributed by atoms with Gasteiger partial charge in [-0.25, -0.2) is 9.97 Å². The van der Waals surface area contributed by atoms with E-state index in [2.05, 4.69) is 46.4 Å². The van der Waals surface area contributed by atoms with Crippen LogP contribution in [0.4, 0.5) is 5.82 Å². The molecule has 0 spiro atoms. The summed E-state index contributed by atoms with van der Waals surface area (Å²) in [5, 5.41) is 0. The van der Waals surface area contributed by atoms with Gasteiger partial charge in [-0.3, -0.25) is 0 Å². The van der Waals surface area contributed by atoms with Gasteiger partial charge in [-0.05, 0) is 48.8 Å². The van der Waals surface area contributed by atoms with E-state index in [0.717, 1.165) is 47.4 Å². The summed E-state index contributed by atoms with van der Waals surface area (Å²) in [6.07, 6.45) is 4.03. The summed E-state index contributed by atoms with van der Waals surface area (Å²) in [6, 6.07) is 0. The number of halogens is 1. The summed E-state index contributed by atoms with van der Waals surface area (Å²) in [5.41, 5.74) is 6.67. The van der Waals surface area contributed by atoms with Crippen LogP contribution in [0.1, 0.15) is 44.6 Å². The number of ether oxygens (including phenoxy) is 1. The van der Waals surface area contributed by atoms with Crippen molar-refractivity contribution in [3.63, 3.8) is 0 Å². The molecule has 17 heavy (non-hydrogen) atoms. The van der Waals surface area contributed by atoms with Crippen molar-refractivity contribution in [2.45, 2.75) is 45.1 Å². The zero-order valence-electron chi connectivity index (χ0n) is 10.3. The molecular formula is C12H18IN3O. The van der Waals surface area contributed by atoms with Gasteiger partial charge in [-0.2, -0.15) is 0 Å². The van der Waals surface area contributed by atoms with Gasteiger partial charge in [0.1, 0.15) is 11.4 Å². The lowest BCUT2D eigenvalue weighted by Crippen LogP contribution is -2.25. The first-order valence-electron chi connectivity index (χ1n) is 6.03. The van der Waals surface area contributed by atoms with Crippen molar-refractivity contribution in [2.75, 3.05) is 12.3 Å². The summed E-state index contributed by atoms with van der Waals surface area (Å²) in [6.45, 7) is 4.98. The van der Waals surface area contributed by atoms with Crippen LogP contribution in [-0.4, -0.2) is 16.6 Å². The second-order valence-electron chi connectivity index (χ2n) is 4.63. The summed E-state index contributed by atoms with van der Waals surface area (Å²) < 4.78 is 6.75. The maximum absolute atomic E-state index is 5.96. The largest absolute Gasteiger partial charge is 0.383 e. The van der Waals surface area contributed by atoms with Crippen LogP contribution in [0.2, 0.25) is 0 Å². The Morgan fingerprint density at radius 2 is 2.24 bits per heavy atom. The zero-order valence-corrected chi connectivity index (χ0v) is 12.5. The molecule has 94 valence electrons. The van der Waals surface area contributed by atoms with Gasteiger partial charge in [0.2, 0.25) is 0 Å². The van der Waals surface area contributed by atoms with E-state index >= 15 is 0 Å². The van der Waals surface area contributed by atoms with Gasteiger partial charge in [0.15, 0.2) is 5.82 Å². The number of anilines is 1. The highest BCUT2D eigenvalue weighted by Crippen LogP contribution is 2.34. The van der Waals surface area contributed by atoms with Crippen molar-refractivity contribution in [3.05, 3.63) is 15.1 Å². The number of nitrogen functional groups attached to an aromatic ring is 1. The standard InChI is InChI=1S/C12H18IN3O/c1-3-5-8-9(13)10(14)16-11(15-8)12(2)6-4-7-17-12/h3-7H2,1-2H3,(H2,14,15,16). The van der Waals surface area contributed by atoms with Gasteiger partial charge in [0.05, 0.1) is 9.26 Å². The predicted molar refractivity (Wildman–Crippen MR) is 75.7 cm³/mol. The van der Waals surface area contributed by atoms with Crippen LogP contribution in [0.15, 0.2) is 0 Å². The second kappa shape index (κ2) is 5.06. The Hall–Kier alpha value is -0.430. The fourth-order valence-electron chi connectivity index (χ4n) is 2.11. The molecule has 2 heterocycles. The summed E-state index contributed by atoms with van der Waals surface area (Å²) in [4.78, 5) is 9.06. The first-order chi connectivity index (χ1) is 8.07. The molecule has 4 nitrogen and oxygen atoms in total. The third-order valence-electron chi connectivity index (χ3n) is 3.12. The Bertz CT molecular complexity index is 416. The fraction of sp³-hybridized carbons (Fsp3) is 0.667. The molecule has 1 aromatic rings. The van der Waals surface area contributed by atoms with Crippen molar-refractivity contribution in [3.8, 4) is 0 Å². The molecule has 0 radical (unpaired) electrons. The molecule has 1 aromatic heterocycles. The lowest BCUT2D eigenvalue weighted by Gasteiger charge is -2.22. The number of aromatic nitrogens is 2. The monoisotopic (exact) mass is 347 g/mol. The van der Waals surface area contributed by atoms with Gasteiger partial charge in [-0.1, -0.05) is 13.3 Å². The number of hydrogen-bond acceptors (Lipinski definition) is 4. The second-order valence-corrected chi connectivity index (χ2v) is 5.70. The molecular weight excluding hydrogens is 329 g/mol. The van der Waals surface area contributed by atoms with Crippen molar-refractivity contribution < 1.29 is 4.74 Å². The van der Waals surface area contributed by atoms with E-state index in [1.165, 1.54) is 0 Å². The molecule has 1 atom stereocenters. The third kappa shape index (κ3) is 2.54. The molecule has 1 aliphatic rings. The maximum atomic E-state index is 5.96. The van der Waals surface area contributed by atoms with Crippen LogP contribution in [0.3, 0.4) is 0 Å². The lowest BCUT2D eigenvalue weighted by molar-refractivity contribution is 0.00924. The Labute approximate surface area is 115 Å². The normalized spacial score (nSPS) is 24.2. The average Bonchev–Trinajstić information content (AvgIpc) is 2.73. The predicted octanol–water partition coefficient (Wildman–Crippen LogP) is 2.64. The van der Waals surface area contributed by atoms with Gasteiger partial charge >= 0.3 is 0 Å². The zero-order chi connectivity index (χ0) is 12.5. The Kier molecular flexibility index (Phi) is 3.87. The molecule has 1 fully saturated rings. The fourth-order valence-corrected chi connectivity index (χ4v) is 2.62. The molecule has 2 rings (SSSR count). The topological polar surface area (TPSA) is 61.0 Å². The van der Waals surface area contributed by atoms with Crippen LogP contribution in [0.5, 0.6) is 0 Å². The Morgan fingerprint density at radius 3 is 2.82 bits per heavy atom. The summed E-state index contributed by atoms with van der Waals surface area (Å²) in [7, 11) is 0. The molecule has 0 bridgehead atoms. The van der Waals surface area contributed by atoms with Crippen LogP contribution in [0.25, 0.3) is 0 Å². The van der Waals surface area contributed by atoms with E-state index in [1.54, 1.807) is 0 Å². The van der Waals surface area contributed by atoms with Crippen molar-refractivity contribution in [2.24, 2.45) is 0 Å². The van der Waals surface area contributed by atoms with Crippen LogP contribution >= 0.6 is 22.6 Å². The van der Waals surface area contributed by atoms with Crippen molar-refractivity contribution >= 4 is 28.4 Å². The van der Waals surface area contributed by atoms with Crippen LogP contribution < -0.4 is 5.73 Å². The minimum Gasteiger partial charge on any atom is -0.383 e. The van der Waals surface area contributed by atoms with Crippen molar-refractivity contribution in [1.82, 2.24) is 9.97 Å². The Balaban J connectivity index is 2.41. The molecule has 1 saturated heterocycles. The highest BCUT2D eigenvalue weighted by Gasteiger charge is 2.35. The smallest absolute Gasteiger partial charge is 0.162 e. The number of hydrogen-bond donors (Lipinski definition) is 1. The molecule has 0 aliphatic carbocycles. The van der Waals surface area contributed by atoms with E-state index in [1.807, 2.05) is 0 Å². The molecule has 1 aliphatic heterocycles. The molecule has 1 unspecified atom stereocenters. The van der Waals surface area contributed by atoms with Gasteiger partial charge < -0.3 is 10.5 Å². The van der Waals surface area contributed by atoms with Crippen LogP contribution in [0, 0.1) is 3.57 Å². The third-order valence-corrected chi connectivity index (χ3v) is 4.30. The maximum Gasteiger partial charge on any atom is 0.162 e. The quantitative estimate of drug-likeness (QED) is 0.854. The molecule has 0 amide bonds. The molecule has 5 heteroatoms. The summed E-state index contributed by atoms with van der Waals surface area (Å²) >= 11 is 2.22. The van der Waals surface area contributed by atoms with Gasteiger partial charge in [0.25, 0.3) is 0 Å². The number of nitrogens with two attached hydrogens (primary N) is 1. The molecule has 2 N–H and O–H groups in total. The van der Waals surface area contributed by atoms with E-state index in [-0.39, 0.29) is 5.60 Å². The van der Waals surface area contributed by atoms with Crippen molar-refractivity contribution in [1.29, 1.82) is 0 Å². The average molecular weight is 347 g/mol. The van der Waals surface area contributed by atoms with E-state index in [4.69, 9.17) is 10.5 Å². The number of nitrogens with zero attached hydrogens (tertiary/aromatic N) is 2. The first-order valence-corrected chi connectivity index (χ1v) is 7.11. The van der Waals surface area contributed by atoms with E-state index in [0.29, 0.717) is 5.82 Å². The van der Waals surface area contributed by atoms with Gasteiger partial charge in [-0.15, -0.1) is 0 Å². The molecule has 0 saturated carbocycles. The van der Waals surface area contributed by atoms with E-state index in [9.17, 15) is 0 Å². The van der Waals surface area contributed by atoms with E-state index < -0.39 is 0 Å². The first kappa shape index (κ1) is 13.0. The highest BCUT2D eigenvalue weighted by molar-refractivity contribution is 14.1. The van der Waals surface area contributed by atoms with Crippen LogP contribution in [-0.2, 0) is 16.8 Å². The Morgan fingerprint density at radius 1 is 1.47 bits per heavy atom.